The van der Waals surface area contributed by atoms with Gasteiger partial charge in [-0.15, -0.1) is 0 Å². The SMILES string of the molecule is NC(=O)C[C@@H](NC(=O)C1CCOCC1)C(=O)O. The number of nitrogens with two attached hydrogens (primary N) is 1. The van der Waals surface area contributed by atoms with Gasteiger partial charge >= 0.3 is 5.97 Å². The Bertz CT molecular complexity index is 312. The Hall–Kier alpha value is -1.63. The number of carbonyl (C=O) groups is 3. The predicted octanol–water partition coefficient (Wildman–Crippen LogP) is -1.14. The third-order valence-corrected chi connectivity index (χ3v) is 2.61. The number of carboxylic acids is 1. The van der Waals surface area contributed by atoms with E-state index in [9.17, 15) is 14.4 Å². The summed E-state index contributed by atoms with van der Waals surface area (Å²) >= 11 is 0. The van der Waals surface area contributed by atoms with E-state index in [0.29, 0.717) is 26.1 Å². The Labute approximate surface area is 98.3 Å². The number of amides is 2. The molecular formula is C10H16N2O5. The summed E-state index contributed by atoms with van der Waals surface area (Å²) in [4.78, 5) is 33.2. The van der Waals surface area contributed by atoms with E-state index < -0.39 is 24.3 Å². The summed E-state index contributed by atoms with van der Waals surface area (Å²) in [7, 11) is 0. The largest absolute Gasteiger partial charge is 0.480 e. The summed E-state index contributed by atoms with van der Waals surface area (Å²) < 4.78 is 5.10. The zero-order valence-electron chi connectivity index (χ0n) is 9.35. The number of nitrogens with one attached hydrogen (secondary N) is 1. The summed E-state index contributed by atoms with van der Waals surface area (Å²) in [6.45, 7) is 0.983. The molecule has 0 saturated carbocycles. The molecule has 1 atom stereocenters. The van der Waals surface area contributed by atoms with Crippen LogP contribution in [0.15, 0.2) is 0 Å². The summed E-state index contributed by atoms with van der Waals surface area (Å²) in [6.07, 6.45) is 0.730. The first-order valence-electron chi connectivity index (χ1n) is 5.40. The molecule has 7 heteroatoms. The zero-order valence-corrected chi connectivity index (χ0v) is 9.35. The summed E-state index contributed by atoms with van der Waals surface area (Å²) in [5.41, 5.74) is 4.91. The topological polar surface area (TPSA) is 119 Å². The van der Waals surface area contributed by atoms with Gasteiger partial charge in [-0.3, -0.25) is 9.59 Å². The molecular weight excluding hydrogens is 228 g/mol. The third-order valence-electron chi connectivity index (χ3n) is 2.61. The molecule has 0 aromatic carbocycles. The van der Waals surface area contributed by atoms with Crippen LogP contribution in [0.3, 0.4) is 0 Å². The molecule has 0 bridgehead atoms. The summed E-state index contributed by atoms with van der Waals surface area (Å²) in [6, 6.07) is -1.25. The lowest BCUT2D eigenvalue weighted by molar-refractivity contribution is -0.144. The van der Waals surface area contributed by atoms with Crippen molar-refractivity contribution in [2.24, 2.45) is 11.7 Å². The molecule has 1 rings (SSSR count). The lowest BCUT2D eigenvalue weighted by Gasteiger charge is -2.23. The van der Waals surface area contributed by atoms with Gasteiger partial charge in [-0.25, -0.2) is 4.79 Å². The van der Waals surface area contributed by atoms with Crippen molar-refractivity contribution in [1.82, 2.24) is 5.32 Å². The third kappa shape index (κ3) is 4.39. The normalized spacial score (nSPS) is 18.4. The Morgan fingerprint density at radius 1 is 1.35 bits per heavy atom. The number of hydrogen-bond donors (Lipinski definition) is 3. The van der Waals surface area contributed by atoms with Crippen molar-refractivity contribution in [2.75, 3.05) is 13.2 Å². The maximum atomic E-state index is 11.7. The number of ether oxygens (including phenoxy) is 1. The standard InChI is InChI=1S/C10H16N2O5/c11-8(13)5-7(10(15)16)12-9(14)6-1-3-17-4-2-6/h6-7H,1-5H2,(H2,11,13)(H,12,14)(H,15,16)/t7-/m1/s1. The molecule has 0 radical (unpaired) electrons. The van der Waals surface area contributed by atoms with Gasteiger partial charge in [-0.2, -0.15) is 0 Å². The Morgan fingerprint density at radius 3 is 2.41 bits per heavy atom. The van der Waals surface area contributed by atoms with Crippen molar-refractivity contribution >= 4 is 17.8 Å². The number of hydrogen-bond acceptors (Lipinski definition) is 4. The van der Waals surface area contributed by atoms with Gasteiger partial charge in [0.2, 0.25) is 11.8 Å². The van der Waals surface area contributed by atoms with Gasteiger partial charge in [0.15, 0.2) is 0 Å². The van der Waals surface area contributed by atoms with Crippen molar-refractivity contribution in [3.8, 4) is 0 Å². The quantitative estimate of drug-likeness (QED) is 0.564. The fourth-order valence-electron chi connectivity index (χ4n) is 1.65. The van der Waals surface area contributed by atoms with Crippen LogP contribution >= 0.6 is 0 Å². The Balaban J connectivity index is 2.50. The molecule has 2 amide bonds. The van der Waals surface area contributed by atoms with Crippen molar-refractivity contribution in [1.29, 1.82) is 0 Å². The minimum absolute atomic E-state index is 0.251. The highest BCUT2D eigenvalue weighted by molar-refractivity contribution is 5.88. The van der Waals surface area contributed by atoms with Gasteiger partial charge in [0.05, 0.1) is 6.42 Å². The first-order chi connectivity index (χ1) is 8.00. The minimum Gasteiger partial charge on any atom is -0.480 e. The molecule has 1 fully saturated rings. The first kappa shape index (κ1) is 13.4. The van der Waals surface area contributed by atoms with Crippen LogP contribution in [0.5, 0.6) is 0 Å². The number of aliphatic carboxylic acids is 1. The number of rotatable bonds is 5. The Morgan fingerprint density at radius 2 is 1.94 bits per heavy atom. The van der Waals surface area contributed by atoms with Gasteiger partial charge in [0.1, 0.15) is 6.04 Å². The highest BCUT2D eigenvalue weighted by atomic mass is 16.5. The molecule has 96 valence electrons. The van der Waals surface area contributed by atoms with Crippen LogP contribution in [-0.4, -0.2) is 42.1 Å². The Kier molecular flexibility index (Phi) is 4.89. The zero-order chi connectivity index (χ0) is 12.8. The second kappa shape index (κ2) is 6.19. The predicted molar refractivity (Wildman–Crippen MR) is 56.9 cm³/mol. The number of carboxylic acid groups (broad SMARTS) is 1. The fourth-order valence-corrected chi connectivity index (χ4v) is 1.65. The van der Waals surface area contributed by atoms with Crippen molar-refractivity contribution in [3.63, 3.8) is 0 Å². The highest BCUT2D eigenvalue weighted by Gasteiger charge is 2.27. The molecule has 1 heterocycles. The van der Waals surface area contributed by atoms with E-state index in [1.807, 2.05) is 0 Å². The molecule has 0 aromatic rings. The number of primary amides is 1. The van der Waals surface area contributed by atoms with E-state index in [0.717, 1.165) is 0 Å². The van der Waals surface area contributed by atoms with Gasteiger partial charge in [-0.05, 0) is 12.8 Å². The fraction of sp³-hybridized carbons (Fsp3) is 0.700. The van der Waals surface area contributed by atoms with Crippen LogP contribution in [-0.2, 0) is 19.1 Å². The van der Waals surface area contributed by atoms with E-state index in [4.69, 9.17) is 15.6 Å². The van der Waals surface area contributed by atoms with Crippen LogP contribution in [0.25, 0.3) is 0 Å². The first-order valence-corrected chi connectivity index (χ1v) is 5.40. The van der Waals surface area contributed by atoms with Crippen molar-refractivity contribution in [2.45, 2.75) is 25.3 Å². The second-order valence-corrected chi connectivity index (χ2v) is 3.96. The number of carbonyl (C=O) groups excluding carboxylic acids is 2. The monoisotopic (exact) mass is 244 g/mol. The van der Waals surface area contributed by atoms with E-state index in [1.54, 1.807) is 0 Å². The van der Waals surface area contributed by atoms with Gasteiger partial charge < -0.3 is 20.9 Å². The molecule has 0 aromatic heterocycles. The molecule has 1 aliphatic heterocycles. The maximum absolute atomic E-state index is 11.7. The van der Waals surface area contributed by atoms with Gasteiger partial charge in [0.25, 0.3) is 0 Å². The van der Waals surface area contributed by atoms with E-state index in [-0.39, 0.29) is 11.8 Å². The van der Waals surface area contributed by atoms with Crippen LogP contribution in [0.1, 0.15) is 19.3 Å². The van der Waals surface area contributed by atoms with E-state index in [1.165, 1.54) is 0 Å². The van der Waals surface area contributed by atoms with Crippen LogP contribution in [0.4, 0.5) is 0 Å². The molecule has 1 saturated heterocycles. The van der Waals surface area contributed by atoms with Crippen LogP contribution < -0.4 is 11.1 Å². The maximum Gasteiger partial charge on any atom is 0.326 e. The molecule has 7 nitrogen and oxygen atoms in total. The van der Waals surface area contributed by atoms with E-state index >= 15 is 0 Å². The highest BCUT2D eigenvalue weighted by Crippen LogP contribution is 2.14. The lowest BCUT2D eigenvalue weighted by atomic mass is 9.99. The molecule has 4 N–H and O–H groups in total. The van der Waals surface area contributed by atoms with E-state index in [2.05, 4.69) is 5.32 Å². The summed E-state index contributed by atoms with van der Waals surface area (Å²) in [5, 5.41) is 11.1. The second-order valence-electron chi connectivity index (χ2n) is 3.96. The van der Waals surface area contributed by atoms with Gasteiger partial charge in [0, 0.05) is 19.1 Å². The molecule has 0 unspecified atom stereocenters. The minimum atomic E-state index is -1.26. The summed E-state index contributed by atoms with van der Waals surface area (Å²) in [5.74, 6) is -2.63. The smallest absolute Gasteiger partial charge is 0.326 e. The van der Waals surface area contributed by atoms with Crippen molar-refractivity contribution in [3.05, 3.63) is 0 Å². The average Bonchev–Trinajstić information content (AvgIpc) is 2.28. The van der Waals surface area contributed by atoms with Crippen LogP contribution in [0, 0.1) is 5.92 Å². The average molecular weight is 244 g/mol. The van der Waals surface area contributed by atoms with Crippen molar-refractivity contribution < 1.29 is 24.2 Å². The van der Waals surface area contributed by atoms with Crippen LogP contribution in [0.2, 0.25) is 0 Å². The molecule has 0 aliphatic carbocycles. The molecule has 17 heavy (non-hydrogen) atoms. The lowest BCUT2D eigenvalue weighted by Crippen LogP contribution is -2.46. The van der Waals surface area contributed by atoms with Gasteiger partial charge in [-0.1, -0.05) is 0 Å². The molecule has 0 spiro atoms. The molecule has 1 aliphatic rings.